The van der Waals surface area contributed by atoms with Crippen molar-refractivity contribution < 1.29 is 14.3 Å². The number of hydrogen-bond acceptors (Lipinski definition) is 3. The first-order valence-corrected chi connectivity index (χ1v) is 5.02. The summed E-state index contributed by atoms with van der Waals surface area (Å²) in [5.41, 5.74) is 0. The van der Waals surface area contributed by atoms with Crippen molar-refractivity contribution in [2.24, 2.45) is 5.92 Å². The molecule has 0 aliphatic carbocycles. The zero-order valence-corrected chi connectivity index (χ0v) is 9.80. The molecule has 0 aliphatic heterocycles. The number of amides is 1. The number of ether oxygens (including phenoxy) is 2. The maximum atomic E-state index is 11.4. The quantitative estimate of drug-likeness (QED) is 0.540. The smallest absolute Gasteiger partial charge is 0.224 e. The molecule has 2 atom stereocenters. The topological polar surface area (TPSA) is 47.6 Å². The maximum absolute atomic E-state index is 11.4. The number of nitrogens with one attached hydrogen (secondary N) is 1. The van der Waals surface area contributed by atoms with Crippen LogP contribution >= 0.6 is 11.6 Å². The van der Waals surface area contributed by atoms with Gasteiger partial charge < -0.3 is 14.8 Å². The summed E-state index contributed by atoms with van der Waals surface area (Å²) in [5, 5.41) is 2.76. The van der Waals surface area contributed by atoms with Crippen molar-refractivity contribution in [1.82, 2.24) is 5.32 Å². The first-order valence-electron chi connectivity index (χ1n) is 4.48. The molecule has 0 aromatic rings. The average Bonchev–Trinajstić information content (AvgIpc) is 2.18. The normalized spacial score (nSPS) is 15.3. The summed E-state index contributed by atoms with van der Waals surface area (Å²) in [6, 6.07) is -0.192. The van der Waals surface area contributed by atoms with Crippen LogP contribution in [-0.4, -0.2) is 38.3 Å². The van der Waals surface area contributed by atoms with E-state index in [4.69, 9.17) is 21.1 Å². The second kappa shape index (κ2) is 7.04. The summed E-state index contributed by atoms with van der Waals surface area (Å²) in [4.78, 5) is 11.4. The summed E-state index contributed by atoms with van der Waals surface area (Å²) < 4.78 is 10.0. The number of alkyl halides is 1. The van der Waals surface area contributed by atoms with Crippen LogP contribution in [0.15, 0.2) is 0 Å². The van der Waals surface area contributed by atoms with Crippen LogP contribution < -0.4 is 5.32 Å². The number of rotatable bonds is 6. The summed E-state index contributed by atoms with van der Waals surface area (Å²) >= 11 is 5.55. The van der Waals surface area contributed by atoms with Crippen LogP contribution in [0.1, 0.15) is 13.8 Å². The van der Waals surface area contributed by atoms with Gasteiger partial charge in [-0.3, -0.25) is 4.79 Å². The first kappa shape index (κ1) is 13.7. The Labute approximate surface area is 89.9 Å². The van der Waals surface area contributed by atoms with E-state index < -0.39 is 6.29 Å². The molecule has 0 bridgehead atoms. The van der Waals surface area contributed by atoms with E-state index in [9.17, 15) is 4.79 Å². The Hall–Kier alpha value is -0.320. The molecule has 1 amide bonds. The van der Waals surface area contributed by atoms with E-state index in [1.807, 2.05) is 6.92 Å². The Kier molecular flexibility index (Phi) is 6.87. The molecule has 0 saturated carbocycles. The molecule has 5 heteroatoms. The lowest BCUT2D eigenvalue weighted by Crippen LogP contribution is -2.45. The van der Waals surface area contributed by atoms with Gasteiger partial charge >= 0.3 is 0 Å². The number of methoxy groups -OCH3 is 2. The number of halogens is 1. The van der Waals surface area contributed by atoms with Crippen LogP contribution in [0.3, 0.4) is 0 Å². The predicted octanol–water partition coefficient (Wildman–Crippen LogP) is 0.985. The van der Waals surface area contributed by atoms with Gasteiger partial charge in [0.2, 0.25) is 5.91 Å². The van der Waals surface area contributed by atoms with Crippen molar-refractivity contribution in [1.29, 1.82) is 0 Å². The van der Waals surface area contributed by atoms with Gasteiger partial charge in [0, 0.05) is 26.0 Å². The van der Waals surface area contributed by atoms with E-state index in [2.05, 4.69) is 5.32 Å². The summed E-state index contributed by atoms with van der Waals surface area (Å²) in [5.74, 6) is 0.0171. The van der Waals surface area contributed by atoms with Gasteiger partial charge in [0.05, 0.1) is 6.04 Å². The van der Waals surface area contributed by atoms with Gasteiger partial charge in [-0.25, -0.2) is 0 Å². The van der Waals surface area contributed by atoms with Gasteiger partial charge in [0.1, 0.15) is 0 Å². The highest BCUT2D eigenvalue weighted by Crippen LogP contribution is 2.02. The van der Waals surface area contributed by atoms with Crippen LogP contribution in [-0.2, 0) is 14.3 Å². The molecule has 0 radical (unpaired) electrons. The zero-order chi connectivity index (χ0) is 11.1. The second-order valence-corrected chi connectivity index (χ2v) is 3.50. The molecule has 4 nitrogen and oxygen atoms in total. The molecule has 0 heterocycles. The standard InChI is InChI=1S/C9H18ClNO3/c1-6(5-10)8(12)11-7(2)9(13-3)14-4/h6-7,9H,5H2,1-4H3,(H,11,12). The highest BCUT2D eigenvalue weighted by Gasteiger charge is 2.20. The Morgan fingerprint density at radius 3 is 2.21 bits per heavy atom. The first-order chi connectivity index (χ1) is 6.56. The minimum absolute atomic E-state index is 0.0911. The van der Waals surface area contributed by atoms with Gasteiger partial charge in [-0.1, -0.05) is 6.92 Å². The number of carbonyl (C=O) groups is 1. The fourth-order valence-corrected chi connectivity index (χ4v) is 1.15. The van der Waals surface area contributed by atoms with E-state index in [0.29, 0.717) is 5.88 Å². The van der Waals surface area contributed by atoms with Crippen molar-refractivity contribution in [2.45, 2.75) is 26.2 Å². The monoisotopic (exact) mass is 223 g/mol. The molecule has 14 heavy (non-hydrogen) atoms. The third kappa shape index (κ3) is 4.26. The fraction of sp³-hybridized carbons (Fsp3) is 0.889. The Bertz CT molecular complexity index is 173. The lowest BCUT2D eigenvalue weighted by molar-refractivity contribution is -0.137. The van der Waals surface area contributed by atoms with E-state index >= 15 is 0 Å². The maximum Gasteiger partial charge on any atom is 0.224 e. The minimum atomic E-state index is -0.429. The SMILES string of the molecule is COC(OC)C(C)NC(=O)C(C)CCl. The van der Waals surface area contributed by atoms with Crippen LogP contribution in [0.5, 0.6) is 0 Å². The largest absolute Gasteiger partial charge is 0.354 e. The molecule has 0 aliphatic rings. The van der Waals surface area contributed by atoms with Crippen molar-refractivity contribution in [3.05, 3.63) is 0 Å². The van der Waals surface area contributed by atoms with Gasteiger partial charge in [-0.05, 0) is 6.92 Å². The van der Waals surface area contributed by atoms with Crippen LogP contribution in [0.2, 0.25) is 0 Å². The second-order valence-electron chi connectivity index (χ2n) is 3.19. The van der Waals surface area contributed by atoms with Crippen LogP contribution in [0.25, 0.3) is 0 Å². The molecule has 0 aromatic heterocycles. The molecule has 0 rings (SSSR count). The van der Waals surface area contributed by atoms with E-state index in [1.165, 1.54) is 14.2 Å². The van der Waals surface area contributed by atoms with E-state index in [0.717, 1.165) is 0 Å². The molecule has 1 N–H and O–H groups in total. The van der Waals surface area contributed by atoms with Gasteiger partial charge in [-0.15, -0.1) is 11.6 Å². The lowest BCUT2D eigenvalue weighted by atomic mass is 10.2. The highest BCUT2D eigenvalue weighted by molar-refractivity contribution is 6.19. The minimum Gasteiger partial charge on any atom is -0.354 e. The molecule has 2 unspecified atom stereocenters. The molecule has 0 aromatic carbocycles. The summed E-state index contributed by atoms with van der Waals surface area (Å²) in [6.45, 7) is 3.58. The molecule has 84 valence electrons. The van der Waals surface area contributed by atoms with Crippen molar-refractivity contribution in [3.8, 4) is 0 Å². The number of carbonyl (C=O) groups excluding carboxylic acids is 1. The van der Waals surface area contributed by atoms with Crippen molar-refractivity contribution >= 4 is 17.5 Å². The van der Waals surface area contributed by atoms with Crippen LogP contribution in [0.4, 0.5) is 0 Å². The molecule has 0 fully saturated rings. The third-order valence-electron chi connectivity index (χ3n) is 1.92. The molecule has 0 spiro atoms. The molecule has 0 saturated heterocycles. The average molecular weight is 224 g/mol. The molecular formula is C9H18ClNO3. The van der Waals surface area contributed by atoms with E-state index in [-0.39, 0.29) is 17.9 Å². The highest BCUT2D eigenvalue weighted by atomic mass is 35.5. The van der Waals surface area contributed by atoms with Crippen molar-refractivity contribution in [3.63, 3.8) is 0 Å². The van der Waals surface area contributed by atoms with Gasteiger partial charge in [-0.2, -0.15) is 0 Å². The Morgan fingerprint density at radius 1 is 1.36 bits per heavy atom. The Balaban J connectivity index is 4.03. The summed E-state index contributed by atoms with van der Waals surface area (Å²) in [7, 11) is 3.06. The lowest BCUT2D eigenvalue weighted by Gasteiger charge is -2.23. The van der Waals surface area contributed by atoms with Crippen LogP contribution in [0, 0.1) is 5.92 Å². The zero-order valence-electron chi connectivity index (χ0n) is 9.04. The van der Waals surface area contributed by atoms with Gasteiger partial charge in [0.25, 0.3) is 0 Å². The Morgan fingerprint density at radius 2 is 1.86 bits per heavy atom. The third-order valence-corrected chi connectivity index (χ3v) is 2.38. The molecular weight excluding hydrogens is 206 g/mol. The van der Waals surface area contributed by atoms with E-state index in [1.54, 1.807) is 6.92 Å². The fourth-order valence-electron chi connectivity index (χ4n) is 1.01. The van der Waals surface area contributed by atoms with Gasteiger partial charge in [0.15, 0.2) is 6.29 Å². The van der Waals surface area contributed by atoms with Crippen molar-refractivity contribution in [2.75, 3.05) is 20.1 Å². The predicted molar refractivity (Wildman–Crippen MR) is 55.3 cm³/mol. The number of hydrogen-bond donors (Lipinski definition) is 1. The summed E-state index contributed by atoms with van der Waals surface area (Å²) in [6.07, 6.45) is -0.429.